The summed E-state index contributed by atoms with van der Waals surface area (Å²) in [7, 11) is 0. The van der Waals surface area contributed by atoms with E-state index in [0.717, 1.165) is 10.5 Å². The van der Waals surface area contributed by atoms with E-state index in [0.29, 0.717) is 5.56 Å². The molecule has 0 aliphatic carbocycles. The van der Waals surface area contributed by atoms with Gasteiger partial charge in [0.05, 0.1) is 12.7 Å². The Morgan fingerprint density at radius 2 is 1.88 bits per heavy atom. The van der Waals surface area contributed by atoms with E-state index >= 15 is 0 Å². The van der Waals surface area contributed by atoms with E-state index in [1.165, 1.54) is 0 Å². The molecule has 0 fully saturated rings. The topological polar surface area (TPSA) is 132 Å². The number of carbonyl (C=O) groups is 3. The van der Waals surface area contributed by atoms with Gasteiger partial charge in [0.25, 0.3) is 0 Å². The van der Waals surface area contributed by atoms with Crippen LogP contribution in [0, 0.1) is 11.3 Å². The zero-order valence-corrected chi connectivity index (χ0v) is 20.1. The lowest BCUT2D eigenvalue weighted by atomic mass is 9.99. The molecule has 3 amide bonds. The summed E-state index contributed by atoms with van der Waals surface area (Å²) in [6, 6.07) is 6.13. The Bertz CT molecular complexity index is 909. The Balaban J connectivity index is 3.42. The summed E-state index contributed by atoms with van der Waals surface area (Å²) >= 11 is 0. The average molecular weight is 459 g/mol. The molecule has 0 radical (unpaired) electrons. The van der Waals surface area contributed by atoms with Gasteiger partial charge in [0.1, 0.15) is 24.2 Å². The van der Waals surface area contributed by atoms with Crippen molar-refractivity contribution < 1.29 is 24.2 Å². The number of amides is 3. The second-order valence-electron chi connectivity index (χ2n) is 9.52. The predicted octanol–water partition coefficient (Wildman–Crippen LogP) is 2.52. The lowest BCUT2D eigenvalue weighted by Gasteiger charge is -2.34. The van der Waals surface area contributed by atoms with Crippen molar-refractivity contribution in [2.45, 2.75) is 64.8 Å². The highest BCUT2D eigenvalue weighted by Crippen LogP contribution is 2.24. The highest BCUT2D eigenvalue weighted by atomic mass is 16.6. The summed E-state index contributed by atoms with van der Waals surface area (Å²) < 4.78 is 5.16. The maximum absolute atomic E-state index is 13.3. The zero-order valence-electron chi connectivity index (χ0n) is 20.1. The van der Waals surface area contributed by atoms with Gasteiger partial charge < -0.3 is 25.4 Å². The molecule has 3 N–H and O–H groups in total. The number of ether oxygens (including phenoxy) is 1. The normalized spacial score (nSPS) is 13.2. The highest BCUT2D eigenvalue weighted by molar-refractivity contribution is 5.92. The number of nitrogens with one attached hydrogen (secondary N) is 2. The zero-order chi connectivity index (χ0) is 25.4. The van der Waals surface area contributed by atoms with E-state index in [4.69, 9.17) is 4.74 Å². The maximum Gasteiger partial charge on any atom is 0.408 e. The molecule has 9 nitrogen and oxygen atoms in total. The van der Waals surface area contributed by atoms with Crippen LogP contribution in [0.5, 0.6) is 0 Å². The third kappa shape index (κ3) is 8.94. The molecule has 1 rings (SSSR count). The molecule has 1 aromatic rings. The summed E-state index contributed by atoms with van der Waals surface area (Å²) in [5, 5.41) is 24.4. The van der Waals surface area contributed by atoms with Crippen LogP contribution in [0.25, 0.3) is 6.08 Å². The molecule has 0 bridgehead atoms. The molecule has 180 valence electrons. The van der Waals surface area contributed by atoms with Crippen molar-refractivity contribution in [3.8, 4) is 6.07 Å². The largest absolute Gasteiger partial charge is 0.444 e. The first-order chi connectivity index (χ1) is 15.2. The second kappa shape index (κ2) is 11.5. The van der Waals surface area contributed by atoms with Crippen molar-refractivity contribution in [2.24, 2.45) is 0 Å². The molecule has 0 aliphatic heterocycles. The van der Waals surface area contributed by atoms with Crippen LogP contribution >= 0.6 is 0 Å². The van der Waals surface area contributed by atoms with Crippen LogP contribution in [0.3, 0.4) is 0 Å². The fourth-order valence-electron chi connectivity index (χ4n) is 2.97. The molecule has 2 unspecified atom stereocenters. The molecule has 0 saturated heterocycles. The second-order valence-corrected chi connectivity index (χ2v) is 9.52. The van der Waals surface area contributed by atoms with E-state index in [2.05, 4.69) is 17.2 Å². The van der Waals surface area contributed by atoms with Crippen LogP contribution in [0.2, 0.25) is 0 Å². The first-order valence-electron chi connectivity index (χ1n) is 10.5. The number of hydrogen-bond donors (Lipinski definition) is 3. The SMILES string of the molecule is C=Cc1cccc(C(C(=O)NC(C)(C)C)N(CC#N)C(=O)C(CO)NC(=O)OC(C)(C)C)c1. The lowest BCUT2D eigenvalue weighted by molar-refractivity contribution is -0.143. The Hall–Kier alpha value is -3.38. The van der Waals surface area contributed by atoms with Crippen LogP contribution in [0.4, 0.5) is 4.79 Å². The number of rotatable bonds is 8. The van der Waals surface area contributed by atoms with Gasteiger partial charge >= 0.3 is 6.09 Å². The van der Waals surface area contributed by atoms with E-state index < -0.39 is 54.3 Å². The Labute approximate surface area is 195 Å². The molecule has 0 saturated carbocycles. The smallest absolute Gasteiger partial charge is 0.408 e. The molecule has 0 aliphatic rings. The van der Waals surface area contributed by atoms with Gasteiger partial charge in [-0.1, -0.05) is 30.9 Å². The van der Waals surface area contributed by atoms with Crippen LogP contribution < -0.4 is 10.6 Å². The Morgan fingerprint density at radius 3 is 2.36 bits per heavy atom. The van der Waals surface area contributed by atoms with Gasteiger partial charge in [-0.25, -0.2) is 4.79 Å². The van der Waals surface area contributed by atoms with E-state index in [-0.39, 0.29) is 0 Å². The maximum atomic E-state index is 13.3. The number of hydrogen-bond acceptors (Lipinski definition) is 6. The van der Waals surface area contributed by atoms with E-state index in [1.54, 1.807) is 71.9 Å². The lowest BCUT2D eigenvalue weighted by Crippen LogP contribution is -2.55. The summed E-state index contributed by atoms with van der Waals surface area (Å²) in [6.45, 7) is 12.9. The first-order valence-corrected chi connectivity index (χ1v) is 10.5. The standard InChI is InChI=1S/C24H34N4O5/c1-8-16-10-9-11-17(14-16)19(20(30)27-23(2,3)4)28(13-12-25)21(31)18(15-29)26-22(32)33-24(5,6)7/h8-11,14,18-19,29H,1,13,15H2,2-7H3,(H,26,32)(H,27,30). The summed E-state index contributed by atoms with van der Waals surface area (Å²) in [6.07, 6.45) is 0.690. The van der Waals surface area contributed by atoms with Gasteiger partial charge in [0.15, 0.2) is 0 Å². The van der Waals surface area contributed by atoms with E-state index in [9.17, 15) is 24.8 Å². The summed E-state index contributed by atoms with van der Waals surface area (Å²) in [5.74, 6) is -1.32. The van der Waals surface area contributed by atoms with Crippen molar-refractivity contribution >= 4 is 24.0 Å². The predicted molar refractivity (Wildman–Crippen MR) is 125 cm³/mol. The van der Waals surface area contributed by atoms with Gasteiger partial charge in [-0.3, -0.25) is 9.59 Å². The third-order valence-electron chi connectivity index (χ3n) is 4.22. The Kier molecular flexibility index (Phi) is 9.62. The quantitative estimate of drug-likeness (QED) is 0.513. The van der Waals surface area contributed by atoms with Crippen molar-refractivity contribution in [3.05, 3.63) is 42.0 Å². The number of alkyl carbamates (subject to hydrolysis) is 1. The third-order valence-corrected chi connectivity index (χ3v) is 4.22. The van der Waals surface area contributed by atoms with Crippen LogP contribution in [-0.4, -0.2) is 58.2 Å². The average Bonchev–Trinajstić information content (AvgIpc) is 2.68. The molecular weight excluding hydrogens is 424 g/mol. The number of benzene rings is 1. The minimum absolute atomic E-state index is 0.451. The van der Waals surface area contributed by atoms with Gasteiger partial charge in [-0.2, -0.15) is 5.26 Å². The van der Waals surface area contributed by atoms with Crippen LogP contribution in [0.15, 0.2) is 30.8 Å². The molecule has 1 aromatic carbocycles. The van der Waals surface area contributed by atoms with Crippen molar-refractivity contribution in [2.75, 3.05) is 13.2 Å². The summed E-state index contributed by atoms with van der Waals surface area (Å²) in [5.41, 5.74) is -0.264. The van der Waals surface area contributed by atoms with Crippen molar-refractivity contribution in [3.63, 3.8) is 0 Å². The minimum Gasteiger partial charge on any atom is -0.444 e. The molecule has 9 heteroatoms. The summed E-state index contributed by atoms with van der Waals surface area (Å²) in [4.78, 5) is 39.9. The molecule has 2 atom stereocenters. The monoisotopic (exact) mass is 458 g/mol. The number of carbonyl (C=O) groups excluding carboxylic acids is 3. The van der Waals surface area contributed by atoms with Crippen molar-refractivity contribution in [1.82, 2.24) is 15.5 Å². The molecular formula is C24H34N4O5. The highest BCUT2D eigenvalue weighted by Gasteiger charge is 2.37. The van der Waals surface area contributed by atoms with E-state index in [1.807, 2.05) is 6.07 Å². The molecule has 0 aromatic heterocycles. The van der Waals surface area contributed by atoms with Gasteiger partial charge in [0.2, 0.25) is 11.8 Å². The van der Waals surface area contributed by atoms with Crippen LogP contribution in [0.1, 0.15) is 58.7 Å². The number of nitriles is 1. The molecule has 0 heterocycles. The fourth-order valence-corrected chi connectivity index (χ4v) is 2.97. The first kappa shape index (κ1) is 27.7. The molecule has 33 heavy (non-hydrogen) atoms. The van der Waals surface area contributed by atoms with Gasteiger partial charge in [0, 0.05) is 5.54 Å². The van der Waals surface area contributed by atoms with Gasteiger partial charge in [-0.15, -0.1) is 0 Å². The Morgan fingerprint density at radius 1 is 1.24 bits per heavy atom. The molecule has 0 spiro atoms. The van der Waals surface area contributed by atoms with Crippen LogP contribution in [-0.2, 0) is 14.3 Å². The number of nitrogens with zero attached hydrogens (tertiary/aromatic N) is 2. The van der Waals surface area contributed by atoms with Crippen molar-refractivity contribution in [1.29, 1.82) is 5.26 Å². The fraction of sp³-hybridized carbons (Fsp3) is 0.500. The number of aliphatic hydroxyl groups is 1. The minimum atomic E-state index is -1.42. The van der Waals surface area contributed by atoms with Gasteiger partial charge in [-0.05, 0) is 58.7 Å². The number of aliphatic hydroxyl groups excluding tert-OH is 1.